The Morgan fingerprint density at radius 2 is 1.67 bits per heavy atom. The van der Waals surface area contributed by atoms with Gasteiger partial charge in [-0.05, 0) is 31.0 Å². The highest BCUT2D eigenvalue weighted by Crippen LogP contribution is 2.33. The van der Waals surface area contributed by atoms with Crippen LogP contribution < -0.4 is 4.74 Å². The molecule has 0 fully saturated rings. The molecule has 3 nitrogen and oxygen atoms in total. The number of halogens is 3. The molecule has 0 radical (unpaired) electrons. The second kappa shape index (κ2) is 8.00. The van der Waals surface area contributed by atoms with Gasteiger partial charge in [0.05, 0.1) is 0 Å². The third-order valence-electron chi connectivity index (χ3n) is 3.77. The maximum atomic E-state index is 13.2. The van der Waals surface area contributed by atoms with Crippen molar-refractivity contribution in [1.82, 2.24) is 9.97 Å². The van der Waals surface area contributed by atoms with Crippen molar-refractivity contribution in [3.63, 3.8) is 0 Å². The van der Waals surface area contributed by atoms with E-state index in [1.807, 2.05) is 50.2 Å². The number of hydrogen-bond acceptors (Lipinski definition) is 4. The number of ether oxygens (including phenoxy) is 1. The Kier molecular flexibility index (Phi) is 5.70. The summed E-state index contributed by atoms with van der Waals surface area (Å²) in [5, 5.41) is 0.0222. The molecule has 0 saturated carbocycles. The Morgan fingerprint density at radius 1 is 0.963 bits per heavy atom. The molecule has 0 spiro atoms. The third-order valence-corrected chi connectivity index (χ3v) is 4.69. The lowest BCUT2D eigenvalue weighted by molar-refractivity contribution is -0.141. The monoisotopic (exact) mass is 390 g/mol. The highest BCUT2D eigenvalue weighted by molar-refractivity contribution is 7.98. The first kappa shape index (κ1) is 19.2. The lowest BCUT2D eigenvalue weighted by Crippen LogP contribution is -2.10. The molecule has 3 aromatic rings. The number of benzene rings is 2. The quantitative estimate of drug-likeness (QED) is 0.384. The first-order valence-corrected chi connectivity index (χ1v) is 9.18. The zero-order valence-corrected chi connectivity index (χ0v) is 15.6. The zero-order valence-electron chi connectivity index (χ0n) is 14.7. The summed E-state index contributed by atoms with van der Waals surface area (Å²) in [6.07, 6.45) is -4.58. The van der Waals surface area contributed by atoms with E-state index in [0.717, 1.165) is 34.5 Å². The molecule has 27 heavy (non-hydrogen) atoms. The van der Waals surface area contributed by atoms with Gasteiger partial charge in [0.2, 0.25) is 5.88 Å². The van der Waals surface area contributed by atoms with Crippen LogP contribution in [0.15, 0.2) is 59.8 Å². The molecule has 3 rings (SSSR count). The minimum absolute atomic E-state index is 0.0222. The molecule has 0 bridgehead atoms. The van der Waals surface area contributed by atoms with Crippen molar-refractivity contribution in [2.75, 3.05) is 0 Å². The second-order valence-electron chi connectivity index (χ2n) is 6.01. The average molecular weight is 390 g/mol. The van der Waals surface area contributed by atoms with Crippen LogP contribution in [0, 0.1) is 13.8 Å². The smallest absolute Gasteiger partial charge is 0.433 e. The fourth-order valence-corrected chi connectivity index (χ4v) is 3.09. The van der Waals surface area contributed by atoms with Crippen molar-refractivity contribution in [3.05, 3.63) is 77.0 Å². The fourth-order valence-electron chi connectivity index (χ4n) is 2.28. The van der Waals surface area contributed by atoms with E-state index in [1.54, 1.807) is 12.1 Å². The predicted molar refractivity (Wildman–Crippen MR) is 99.0 cm³/mol. The van der Waals surface area contributed by atoms with Crippen molar-refractivity contribution in [1.29, 1.82) is 0 Å². The molecule has 0 atom stereocenters. The first-order chi connectivity index (χ1) is 12.8. The lowest BCUT2D eigenvalue weighted by atomic mass is 10.2. The minimum atomic E-state index is -4.58. The van der Waals surface area contributed by atoms with Gasteiger partial charge >= 0.3 is 6.18 Å². The number of rotatable bonds is 5. The lowest BCUT2D eigenvalue weighted by Gasteiger charge is -2.12. The van der Waals surface area contributed by atoms with E-state index >= 15 is 0 Å². The Bertz CT molecular complexity index is 927. The Morgan fingerprint density at radius 3 is 2.33 bits per heavy atom. The molecule has 140 valence electrons. The van der Waals surface area contributed by atoms with Crippen molar-refractivity contribution < 1.29 is 17.9 Å². The molecule has 0 N–H and O–H groups in total. The van der Waals surface area contributed by atoms with E-state index in [1.165, 1.54) is 0 Å². The predicted octanol–water partition coefficient (Wildman–Crippen LogP) is 6.20. The van der Waals surface area contributed by atoms with Crippen LogP contribution in [-0.2, 0) is 11.9 Å². The Hall–Kier alpha value is -2.54. The molecule has 0 amide bonds. The maximum absolute atomic E-state index is 13.2. The number of aromatic nitrogens is 2. The van der Waals surface area contributed by atoms with Gasteiger partial charge in [0.1, 0.15) is 5.75 Å². The first-order valence-electron chi connectivity index (χ1n) is 8.19. The van der Waals surface area contributed by atoms with Gasteiger partial charge in [0.15, 0.2) is 10.9 Å². The summed E-state index contributed by atoms with van der Waals surface area (Å²) in [6.45, 7) is 3.79. The van der Waals surface area contributed by atoms with Gasteiger partial charge in [0, 0.05) is 11.8 Å². The topological polar surface area (TPSA) is 35.0 Å². The van der Waals surface area contributed by atoms with Crippen molar-refractivity contribution in [2.24, 2.45) is 0 Å². The van der Waals surface area contributed by atoms with Crippen LogP contribution in [-0.4, -0.2) is 9.97 Å². The van der Waals surface area contributed by atoms with Crippen LogP contribution >= 0.6 is 11.8 Å². The van der Waals surface area contributed by atoms with E-state index in [0.29, 0.717) is 11.5 Å². The highest BCUT2D eigenvalue weighted by Gasteiger charge is 2.34. The molecular formula is C20H17F3N2OS. The molecule has 0 aliphatic carbocycles. The second-order valence-corrected chi connectivity index (χ2v) is 6.96. The zero-order chi connectivity index (χ0) is 19.4. The standard InChI is InChI=1S/C20H17F3N2OS/c1-13-7-9-15(10-8-13)12-27-19-24-17(20(21,22)23)11-18(25-19)26-16-6-4-3-5-14(16)2/h3-11H,12H2,1-2H3. The van der Waals surface area contributed by atoms with Crippen LogP contribution in [0.4, 0.5) is 13.2 Å². The normalized spacial score (nSPS) is 11.4. The number of thioether (sulfide) groups is 1. The van der Waals surface area contributed by atoms with E-state index < -0.39 is 11.9 Å². The summed E-state index contributed by atoms with van der Waals surface area (Å²) >= 11 is 1.14. The van der Waals surface area contributed by atoms with Crippen LogP contribution in [0.5, 0.6) is 11.6 Å². The molecular weight excluding hydrogens is 373 g/mol. The highest BCUT2D eigenvalue weighted by atomic mass is 32.2. The van der Waals surface area contributed by atoms with E-state index in [9.17, 15) is 13.2 Å². The number of aryl methyl sites for hydroxylation is 2. The van der Waals surface area contributed by atoms with Crippen molar-refractivity contribution in [2.45, 2.75) is 30.9 Å². The van der Waals surface area contributed by atoms with E-state index in [-0.39, 0.29) is 11.0 Å². The largest absolute Gasteiger partial charge is 0.439 e. The fraction of sp³-hybridized carbons (Fsp3) is 0.200. The van der Waals surface area contributed by atoms with Gasteiger partial charge in [-0.3, -0.25) is 0 Å². The molecule has 0 aliphatic rings. The van der Waals surface area contributed by atoms with Crippen molar-refractivity contribution >= 4 is 11.8 Å². The number of nitrogens with zero attached hydrogens (tertiary/aromatic N) is 2. The van der Waals surface area contributed by atoms with E-state index in [4.69, 9.17) is 4.74 Å². The summed E-state index contributed by atoms with van der Waals surface area (Å²) in [4.78, 5) is 7.79. The van der Waals surface area contributed by atoms with Gasteiger partial charge < -0.3 is 4.74 Å². The van der Waals surface area contributed by atoms with Crippen LogP contribution in [0.1, 0.15) is 22.4 Å². The number of alkyl halides is 3. The summed E-state index contributed by atoms with van der Waals surface area (Å²) in [5.41, 5.74) is 1.88. The SMILES string of the molecule is Cc1ccc(CSc2nc(Oc3ccccc3C)cc(C(F)(F)F)n2)cc1. The Balaban J connectivity index is 1.86. The third kappa shape index (κ3) is 5.23. The van der Waals surface area contributed by atoms with Crippen molar-refractivity contribution in [3.8, 4) is 11.6 Å². The van der Waals surface area contributed by atoms with Gasteiger partial charge in [-0.1, -0.05) is 59.8 Å². The summed E-state index contributed by atoms with van der Waals surface area (Å²) in [7, 11) is 0. The molecule has 0 saturated heterocycles. The molecule has 1 heterocycles. The van der Waals surface area contributed by atoms with Gasteiger partial charge in [-0.15, -0.1) is 0 Å². The summed E-state index contributed by atoms with van der Waals surface area (Å²) in [5.74, 6) is 0.794. The molecule has 0 unspecified atom stereocenters. The average Bonchev–Trinajstić information content (AvgIpc) is 2.62. The maximum Gasteiger partial charge on any atom is 0.433 e. The number of para-hydroxylation sites is 1. The van der Waals surface area contributed by atoms with Crippen LogP contribution in [0.25, 0.3) is 0 Å². The van der Waals surface area contributed by atoms with Gasteiger partial charge in [0.25, 0.3) is 0 Å². The van der Waals surface area contributed by atoms with Crippen LogP contribution in [0.2, 0.25) is 0 Å². The van der Waals surface area contributed by atoms with Gasteiger partial charge in [-0.25, -0.2) is 4.98 Å². The molecule has 1 aromatic heterocycles. The summed E-state index contributed by atoms with van der Waals surface area (Å²) < 4.78 is 45.2. The number of hydrogen-bond donors (Lipinski definition) is 0. The van der Waals surface area contributed by atoms with Crippen LogP contribution in [0.3, 0.4) is 0 Å². The van der Waals surface area contributed by atoms with Gasteiger partial charge in [-0.2, -0.15) is 18.2 Å². The summed E-state index contributed by atoms with van der Waals surface area (Å²) in [6, 6.07) is 15.7. The molecule has 7 heteroatoms. The minimum Gasteiger partial charge on any atom is -0.439 e. The molecule has 0 aliphatic heterocycles. The Labute approximate surface area is 159 Å². The molecule has 2 aromatic carbocycles. The van der Waals surface area contributed by atoms with E-state index in [2.05, 4.69) is 9.97 Å².